The van der Waals surface area contributed by atoms with Gasteiger partial charge in [0.1, 0.15) is 4.83 Å². The third-order valence-electron chi connectivity index (χ3n) is 4.18. The maximum atomic E-state index is 4.92. The van der Waals surface area contributed by atoms with Crippen LogP contribution in [0.15, 0.2) is 115 Å². The van der Waals surface area contributed by atoms with Crippen molar-refractivity contribution in [2.24, 2.45) is 0 Å². The van der Waals surface area contributed by atoms with Crippen LogP contribution in [0, 0.1) is 0 Å². The molecule has 1 aliphatic rings. The highest BCUT2D eigenvalue weighted by Gasteiger charge is 2.07. The Bertz CT molecular complexity index is 1100. The van der Waals surface area contributed by atoms with Crippen molar-refractivity contribution in [3.8, 4) is 11.3 Å². The number of thiophene rings is 1. The molecule has 0 aliphatic heterocycles. The fraction of sp³-hybridized carbons (Fsp3) is 0. The Hall–Kier alpha value is -3.23. The van der Waals surface area contributed by atoms with Crippen LogP contribution in [-0.2, 0) is 0 Å². The van der Waals surface area contributed by atoms with Crippen molar-refractivity contribution < 1.29 is 0 Å². The highest BCUT2D eigenvalue weighted by atomic mass is 32.1. The van der Waals surface area contributed by atoms with Gasteiger partial charge in [0, 0.05) is 15.8 Å². The summed E-state index contributed by atoms with van der Waals surface area (Å²) < 4.78 is 0. The molecule has 4 rings (SSSR count). The fourth-order valence-electron chi connectivity index (χ4n) is 2.82. The molecule has 0 saturated carbocycles. The standard InChI is InChI=1S/C25H19NS/c1-2-5-9-13-20(14-10-6-3-1)23-18-17-22-19-24(27-25(22)26-23)21-15-11-7-4-8-12-16-21/h1-19H/b2-1?,3-1?,5-2?,6-3?,7-4-,8-4?,9-5?,10-6?,11-7?,12-8-,13-9?,14-10?,15-11-,16-12?,20-13?,20-14?,21-15?,21-16+. The van der Waals surface area contributed by atoms with E-state index < -0.39 is 0 Å². The summed E-state index contributed by atoms with van der Waals surface area (Å²) in [4.78, 5) is 7.21. The van der Waals surface area contributed by atoms with E-state index >= 15 is 0 Å². The fourth-order valence-corrected chi connectivity index (χ4v) is 3.85. The highest BCUT2D eigenvalue weighted by molar-refractivity contribution is 7.19. The van der Waals surface area contributed by atoms with E-state index in [-0.39, 0.29) is 0 Å². The Morgan fingerprint density at radius 1 is 0.667 bits per heavy atom. The molecular formula is C25H19NS. The van der Waals surface area contributed by atoms with Crippen molar-refractivity contribution in [2.45, 2.75) is 0 Å². The first-order valence-corrected chi connectivity index (χ1v) is 9.73. The molecule has 1 nitrogen and oxygen atoms in total. The monoisotopic (exact) mass is 365 g/mol. The van der Waals surface area contributed by atoms with Gasteiger partial charge >= 0.3 is 0 Å². The number of rotatable bonds is 2. The van der Waals surface area contributed by atoms with E-state index in [0.29, 0.717) is 0 Å². The Morgan fingerprint density at radius 2 is 1.37 bits per heavy atom. The summed E-state index contributed by atoms with van der Waals surface area (Å²) in [5, 5.41) is 1.18. The molecule has 0 amide bonds. The average molecular weight is 366 g/mol. The second-order valence-electron chi connectivity index (χ2n) is 6.09. The first kappa shape index (κ1) is 17.2. The zero-order valence-electron chi connectivity index (χ0n) is 14.8. The van der Waals surface area contributed by atoms with Gasteiger partial charge in [-0.25, -0.2) is 4.98 Å². The van der Waals surface area contributed by atoms with Gasteiger partial charge in [0.05, 0.1) is 5.69 Å². The van der Waals surface area contributed by atoms with E-state index in [4.69, 9.17) is 4.98 Å². The summed E-state index contributed by atoms with van der Waals surface area (Å²) in [6, 6.07) is 24.9. The minimum atomic E-state index is 0.986. The molecule has 0 N–H and O–H groups in total. The minimum absolute atomic E-state index is 0.986. The first-order chi connectivity index (χ1) is 13.4. The summed E-state index contributed by atoms with van der Waals surface area (Å²) in [5.41, 5.74) is 3.29. The van der Waals surface area contributed by atoms with Crippen molar-refractivity contribution >= 4 is 27.1 Å². The third-order valence-corrected chi connectivity index (χ3v) is 5.27. The van der Waals surface area contributed by atoms with Crippen LogP contribution >= 0.6 is 11.3 Å². The molecule has 130 valence electrons. The molecular weight excluding hydrogens is 346 g/mol. The van der Waals surface area contributed by atoms with Gasteiger partial charge in [0.2, 0.25) is 0 Å². The largest absolute Gasteiger partial charge is 0.237 e. The molecule has 0 atom stereocenters. The number of hydrogen-bond acceptors (Lipinski definition) is 2. The summed E-state index contributed by atoms with van der Waals surface area (Å²) in [6.45, 7) is 0. The maximum absolute atomic E-state index is 4.92. The van der Waals surface area contributed by atoms with Crippen LogP contribution < -0.4 is 0 Å². The summed E-state index contributed by atoms with van der Waals surface area (Å²) in [5.74, 6) is 0. The number of allylic oxidation sites excluding steroid dienone is 8. The maximum Gasteiger partial charge on any atom is 0.124 e. The van der Waals surface area contributed by atoms with Gasteiger partial charge in [-0.15, -0.1) is 11.3 Å². The Kier molecular flexibility index (Phi) is 5.37. The van der Waals surface area contributed by atoms with Gasteiger partial charge in [-0.05, 0) is 23.8 Å². The van der Waals surface area contributed by atoms with E-state index in [1.807, 2.05) is 60.7 Å². The molecule has 2 heterocycles. The second kappa shape index (κ2) is 8.43. The van der Waals surface area contributed by atoms with Crippen LogP contribution in [0.2, 0.25) is 0 Å². The molecule has 3 aromatic rings. The second-order valence-corrected chi connectivity index (χ2v) is 7.12. The molecule has 0 saturated heterocycles. The van der Waals surface area contributed by atoms with Gasteiger partial charge in [-0.2, -0.15) is 0 Å². The molecule has 27 heavy (non-hydrogen) atoms. The Labute approximate surface area is 163 Å². The zero-order valence-corrected chi connectivity index (χ0v) is 15.6. The zero-order chi connectivity index (χ0) is 18.3. The molecule has 2 aromatic heterocycles. The van der Waals surface area contributed by atoms with Gasteiger partial charge in [0.25, 0.3) is 0 Å². The van der Waals surface area contributed by atoms with Crippen molar-refractivity contribution in [1.82, 2.24) is 4.98 Å². The molecule has 0 bridgehead atoms. The van der Waals surface area contributed by atoms with Gasteiger partial charge < -0.3 is 0 Å². The van der Waals surface area contributed by atoms with E-state index in [1.54, 1.807) is 11.3 Å². The van der Waals surface area contributed by atoms with Crippen LogP contribution in [0.3, 0.4) is 0 Å². The van der Waals surface area contributed by atoms with Crippen LogP contribution in [0.1, 0.15) is 4.88 Å². The van der Waals surface area contributed by atoms with Crippen molar-refractivity contribution in [3.63, 3.8) is 0 Å². The van der Waals surface area contributed by atoms with Crippen LogP contribution in [0.25, 0.3) is 27.0 Å². The minimum Gasteiger partial charge on any atom is -0.237 e. The lowest BCUT2D eigenvalue weighted by Gasteiger charge is -1.98. The SMILES string of the molecule is C1=C\C=C/C(c2cc3ccc(-c4ccccccccc4)nc3s2)=C\C=C/1. The summed E-state index contributed by atoms with van der Waals surface area (Å²) in [6.07, 6.45) is 14.5. The van der Waals surface area contributed by atoms with Crippen molar-refractivity contribution in [1.29, 1.82) is 0 Å². The van der Waals surface area contributed by atoms with Gasteiger partial charge in [0.15, 0.2) is 0 Å². The van der Waals surface area contributed by atoms with Crippen LogP contribution in [0.4, 0.5) is 0 Å². The molecule has 1 aromatic carbocycles. The van der Waals surface area contributed by atoms with Crippen molar-refractivity contribution in [2.75, 3.05) is 0 Å². The number of pyridine rings is 1. The molecule has 0 radical (unpaired) electrons. The lowest BCUT2D eigenvalue weighted by molar-refractivity contribution is 1.43. The lowest BCUT2D eigenvalue weighted by Crippen LogP contribution is -1.80. The molecule has 1 aliphatic carbocycles. The average Bonchev–Trinajstić information content (AvgIpc) is 3.08. The number of aromatic nitrogens is 1. The number of hydrogen-bond donors (Lipinski definition) is 0. The lowest BCUT2D eigenvalue weighted by atomic mass is 10.1. The van der Waals surface area contributed by atoms with E-state index in [0.717, 1.165) is 16.1 Å². The molecule has 0 spiro atoms. The number of fused-ring (bicyclic) bond motifs is 1. The number of nitrogens with zero attached hydrogens (tertiary/aromatic N) is 1. The van der Waals surface area contributed by atoms with E-state index in [9.17, 15) is 0 Å². The first-order valence-electron chi connectivity index (χ1n) is 8.91. The third kappa shape index (κ3) is 4.30. The summed E-state index contributed by atoms with van der Waals surface area (Å²) in [7, 11) is 0. The quantitative estimate of drug-likeness (QED) is 0.470. The topological polar surface area (TPSA) is 12.9 Å². The smallest absolute Gasteiger partial charge is 0.124 e. The van der Waals surface area contributed by atoms with E-state index in [1.165, 1.54) is 15.8 Å². The van der Waals surface area contributed by atoms with Crippen LogP contribution in [0.5, 0.6) is 0 Å². The summed E-state index contributed by atoms with van der Waals surface area (Å²) >= 11 is 1.73. The van der Waals surface area contributed by atoms with Gasteiger partial charge in [-0.1, -0.05) is 97.1 Å². The molecule has 0 fully saturated rings. The molecule has 2 heteroatoms. The van der Waals surface area contributed by atoms with Gasteiger partial charge in [-0.3, -0.25) is 0 Å². The van der Waals surface area contributed by atoms with E-state index in [2.05, 4.69) is 54.6 Å². The normalized spacial score (nSPS) is 18.4. The highest BCUT2D eigenvalue weighted by Crippen LogP contribution is 2.32. The predicted molar refractivity (Wildman–Crippen MR) is 118 cm³/mol. The Morgan fingerprint density at radius 3 is 2.19 bits per heavy atom. The Balaban J connectivity index is 1.76. The predicted octanol–water partition coefficient (Wildman–Crippen LogP) is 7.15. The van der Waals surface area contributed by atoms with Crippen LogP contribution in [-0.4, -0.2) is 4.98 Å². The molecule has 0 unspecified atom stereocenters. The van der Waals surface area contributed by atoms with Crippen molar-refractivity contribution in [3.05, 3.63) is 120 Å².